The third-order valence-corrected chi connectivity index (χ3v) is 6.03. The number of nitrogens with zero attached hydrogens (tertiary/aromatic N) is 3. The van der Waals surface area contributed by atoms with Crippen molar-refractivity contribution in [3.05, 3.63) is 71.9 Å². The molecule has 0 saturated carbocycles. The molecule has 0 spiro atoms. The van der Waals surface area contributed by atoms with E-state index in [1.807, 2.05) is 42.5 Å². The Morgan fingerprint density at radius 1 is 1.10 bits per heavy atom. The van der Waals surface area contributed by atoms with Crippen molar-refractivity contribution in [2.75, 3.05) is 19.6 Å². The van der Waals surface area contributed by atoms with Gasteiger partial charge in [0.15, 0.2) is 0 Å². The number of aromatic nitrogens is 3. The first-order chi connectivity index (χ1) is 15.2. The highest BCUT2D eigenvalue weighted by Gasteiger charge is 2.24. The molecule has 0 aliphatic carbocycles. The third kappa shape index (κ3) is 4.09. The lowest BCUT2D eigenvalue weighted by Crippen LogP contribution is -2.34. The number of carbonyl (C=O) groups is 1. The molecule has 1 aliphatic heterocycles. The Balaban J connectivity index is 1.18. The molecule has 2 aromatic heterocycles. The number of hydrogen-bond donors (Lipinski definition) is 2. The van der Waals surface area contributed by atoms with Crippen LogP contribution in [0.4, 0.5) is 0 Å². The zero-order chi connectivity index (χ0) is 21.2. The van der Waals surface area contributed by atoms with Crippen LogP contribution in [-0.2, 0) is 6.42 Å². The molecule has 0 radical (unpaired) electrons. The minimum absolute atomic E-state index is 0.362. The summed E-state index contributed by atoms with van der Waals surface area (Å²) in [5.74, 6) is 1.55. The lowest BCUT2D eigenvalue weighted by Gasteiger charge is -2.30. The van der Waals surface area contributed by atoms with Crippen molar-refractivity contribution in [3.8, 4) is 11.5 Å². The number of aromatic amines is 1. The summed E-state index contributed by atoms with van der Waals surface area (Å²) in [7, 11) is 0. The zero-order valence-electron chi connectivity index (χ0n) is 17.3. The van der Waals surface area contributed by atoms with E-state index in [-0.39, 0.29) is 0 Å². The lowest BCUT2D eigenvalue weighted by atomic mass is 9.96. The quantitative estimate of drug-likeness (QED) is 0.500. The first-order valence-electron chi connectivity index (χ1n) is 10.7. The summed E-state index contributed by atoms with van der Waals surface area (Å²) in [6.07, 6.45) is 4.69. The maximum Gasteiger partial charge on any atom is 0.250 e. The summed E-state index contributed by atoms with van der Waals surface area (Å²) in [4.78, 5) is 26.9. The number of H-pyrrole nitrogens is 1. The van der Waals surface area contributed by atoms with Crippen molar-refractivity contribution in [2.24, 2.45) is 5.73 Å². The van der Waals surface area contributed by atoms with Gasteiger partial charge in [0.25, 0.3) is 5.91 Å². The molecule has 0 bridgehead atoms. The zero-order valence-corrected chi connectivity index (χ0v) is 17.3. The van der Waals surface area contributed by atoms with Crippen LogP contribution in [0.5, 0.6) is 0 Å². The average Bonchev–Trinajstić information content (AvgIpc) is 3.45. The molecule has 7 nitrogen and oxygen atoms in total. The van der Waals surface area contributed by atoms with E-state index < -0.39 is 5.91 Å². The van der Waals surface area contributed by atoms with Crippen LogP contribution in [0.15, 0.2) is 59.2 Å². The van der Waals surface area contributed by atoms with Crippen LogP contribution in [-0.4, -0.2) is 45.4 Å². The van der Waals surface area contributed by atoms with Gasteiger partial charge in [-0.25, -0.2) is 9.97 Å². The number of amides is 1. The van der Waals surface area contributed by atoms with Gasteiger partial charge in [0.1, 0.15) is 17.6 Å². The number of para-hydroxylation sites is 1. The molecule has 4 aromatic rings. The molecular weight excluding hydrogens is 390 g/mol. The molecule has 2 aromatic carbocycles. The summed E-state index contributed by atoms with van der Waals surface area (Å²) < 4.78 is 5.65. The number of imidazole rings is 1. The monoisotopic (exact) mass is 415 g/mol. The first-order valence-corrected chi connectivity index (χ1v) is 10.7. The van der Waals surface area contributed by atoms with Crippen molar-refractivity contribution >= 4 is 16.9 Å². The molecule has 0 unspecified atom stereocenters. The molecule has 5 rings (SSSR count). The summed E-state index contributed by atoms with van der Waals surface area (Å²) >= 11 is 0. The smallest absolute Gasteiger partial charge is 0.250 e. The minimum atomic E-state index is -0.443. The molecule has 1 aliphatic rings. The minimum Gasteiger partial charge on any atom is -0.444 e. The maximum atomic E-state index is 11.7. The van der Waals surface area contributed by atoms with Crippen LogP contribution < -0.4 is 5.73 Å². The highest BCUT2D eigenvalue weighted by molar-refractivity contribution is 6.04. The van der Waals surface area contributed by atoms with Crippen LogP contribution in [0.2, 0.25) is 0 Å². The van der Waals surface area contributed by atoms with Crippen LogP contribution >= 0.6 is 0 Å². The number of oxazole rings is 1. The molecule has 3 N–H and O–H groups in total. The second-order valence-electron chi connectivity index (χ2n) is 8.06. The molecular formula is C24H25N5O2. The largest absolute Gasteiger partial charge is 0.444 e. The van der Waals surface area contributed by atoms with E-state index in [1.165, 1.54) is 0 Å². The molecule has 1 saturated heterocycles. The maximum absolute atomic E-state index is 11.7. The third-order valence-electron chi connectivity index (χ3n) is 6.03. The van der Waals surface area contributed by atoms with Gasteiger partial charge in [0.2, 0.25) is 5.89 Å². The number of piperidine rings is 1. The Hall–Kier alpha value is -3.45. The number of nitrogens with one attached hydrogen (secondary N) is 1. The fraction of sp³-hybridized carbons (Fsp3) is 0.292. The summed E-state index contributed by atoms with van der Waals surface area (Å²) in [5.41, 5.74) is 9.49. The second-order valence-corrected chi connectivity index (χ2v) is 8.06. The fourth-order valence-corrected chi connectivity index (χ4v) is 4.28. The van der Waals surface area contributed by atoms with Crippen molar-refractivity contribution in [1.29, 1.82) is 0 Å². The summed E-state index contributed by atoms with van der Waals surface area (Å²) in [6, 6.07) is 15.5. The van der Waals surface area contributed by atoms with E-state index in [2.05, 4.69) is 14.9 Å². The van der Waals surface area contributed by atoms with Gasteiger partial charge in [-0.05, 0) is 50.2 Å². The van der Waals surface area contributed by atoms with E-state index in [0.717, 1.165) is 61.5 Å². The van der Waals surface area contributed by atoms with Gasteiger partial charge < -0.3 is 20.0 Å². The Morgan fingerprint density at radius 2 is 1.90 bits per heavy atom. The van der Waals surface area contributed by atoms with Crippen LogP contribution in [0.3, 0.4) is 0 Å². The van der Waals surface area contributed by atoms with Crippen molar-refractivity contribution in [2.45, 2.75) is 25.2 Å². The molecule has 7 heteroatoms. The van der Waals surface area contributed by atoms with Gasteiger partial charge in [-0.1, -0.05) is 24.3 Å². The fourth-order valence-electron chi connectivity index (χ4n) is 4.28. The van der Waals surface area contributed by atoms with Crippen molar-refractivity contribution < 1.29 is 9.21 Å². The lowest BCUT2D eigenvalue weighted by molar-refractivity contribution is 0.100. The molecule has 1 amide bonds. The Labute approximate surface area is 180 Å². The number of fused-ring (bicyclic) bond motifs is 1. The second kappa shape index (κ2) is 8.35. The average molecular weight is 415 g/mol. The number of carbonyl (C=O) groups excluding carboxylic acids is 1. The SMILES string of the molecule is NC(=O)c1cccc2[nH]c(C3CCN(CCc4coc(-c5ccccc5)n4)CC3)nc12. The van der Waals surface area contributed by atoms with E-state index in [0.29, 0.717) is 22.9 Å². The highest BCUT2D eigenvalue weighted by atomic mass is 16.3. The number of primary amides is 1. The van der Waals surface area contributed by atoms with E-state index >= 15 is 0 Å². The number of hydrogen-bond acceptors (Lipinski definition) is 5. The van der Waals surface area contributed by atoms with Gasteiger partial charge in [0.05, 0.1) is 16.8 Å². The number of nitrogens with two attached hydrogens (primary N) is 1. The topological polar surface area (TPSA) is 101 Å². The van der Waals surface area contributed by atoms with Crippen molar-refractivity contribution in [3.63, 3.8) is 0 Å². The van der Waals surface area contributed by atoms with E-state index in [1.54, 1.807) is 12.3 Å². The number of rotatable bonds is 6. The van der Waals surface area contributed by atoms with E-state index in [9.17, 15) is 4.79 Å². The first kappa shape index (κ1) is 19.5. The number of likely N-dealkylation sites (tertiary alicyclic amines) is 1. The Kier molecular flexibility index (Phi) is 5.26. The molecule has 158 valence electrons. The Morgan fingerprint density at radius 3 is 2.68 bits per heavy atom. The predicted octanol–water partition coefficient (Wildman–Crippen LogP) is 3.74. The van der Waals surface area contributed by atoms with Gasteiger partial charge in [-0.3, -0.25) is 4.79 Å². The molecule has 3 heterocycles. The van der Waals surface area contributed by atoms with Gasteiger partial charge in [-0.2, -0.15) is 0 Å². The summed E-state index contributed by atoms with van der Waals surface area (Å²) in [6.45, 7) is 2.97. The van der Waals surface area contributed by atoms with Gasteiger partial charge in [0, 0.05) is 24.4 Å². The number of benzene rings is 2. The molecule has 1 fully saturated rings. The van der Waals surface area contributed by atoms with Crippen LogP contribution in [0, 0.1) is 0 Å². The summed E-state index contributed by atoms with van der Waals surface area (Å²) in [5, 5.41) is 0. The van der Waals surface area contributed by atoms with Crippen molar-refractivity contribution in [1.82, 2.24) is 19.9 Å². The standard InChI is InChI=1S/C24H25N5O2/c25-22(30)19-7-4-8-20-21(19)28-23(27-20)16-9-12-29(13-10-16)14-11-18-15-31-24(26-18)17-5-2-1-3-6-17/h1-8,15-16H,9-14H2,(H2,25,30)(H,27,28). The predicted molar refractivity (Wildman–Crippen MR) is 119 cm³/mol. The van der Waals surface area contributed by atoms with Gasteiger partial charge in [-0.15, -0.1) is 0 Å². The van der Waals surface area contributed by atoms with Crippen LogP contribution in [0.25, 0.3) is 22.5 Å². The Bertz CT molecular complexity index is 1190. The van der Waals surface area contributed by atoms with Gasteiger partial charge >= 0.3 is 0 Å². The van der Waals surface area contributed by atoms with Crippen LogP contribution in [0.1, 0.15) is 40.6 Å². The normalized spacial score (nSPS) is 15.5. The molecule has 31 heavy (non-hydrogen) atoms. The highest BCUT2D eigenvalue weighted by Crippen LogP contribution is 2.29. The molecule has 0 atom stereocenters. The van der Waals surface area contributed by atoms with E-state index in [4.69, 9.17) is 15.1 Å².